The molecular formula is C15H23BBrN3O2. The van der Waals surface area contributed by atoms with Gasteiger partial charge in [-0.3, -0.25) is 10.1 Å². The van der Waals surface area contributed by atoms with E-state index in [-0.39, 0.29) is 17.6 Å². The third-order valence-electron chi connectivity index (χ3n) is 4.35. The van der Waals surface area contributed by atoms with Crippen LogP contribution in [0.2, 0.25) is 6.32 Å². The van der Waals surface area contributed by atoms with Gasteiger partial charge in [0.2, 0.25) is 5.91 Å². The highest BCUT2D eigenvalue weighted by Crippen LogP contribution is 2.37. The molecule has 2 aliphatic carbocycles. The molecule has 5 N–H and O–H groups in total. The lowest BCUT2D eigenvalue weighted by Crippen LogP contribution is -2.54. The molecule has 0 bridgehead atoms. The van der Waals surface area contributed by atoms with Gasteiger partial charge in [-0.05, 0) is 31.6 Å². The Morgan fingerprint density at radius 1 is 1.64 bits per heavy atom. The third kappa shape index (κ3) is 4.15. The first kappa shape index (κ1) is 17.6. The fourth-order valence-electron chi connectivity index (χ4n) is 2.84. The highest BCUT2D eigenvalue weighted by Gasteiger charge is 2.51. The summed E-state index contributed by atoms with van der Waals surface area (Å²) >= 11 is 3.47. The number of hydrogen-bond donors (Lipinski definition) is 4. The first-order chi connectivity index (χ1) is 10.4. The Hall–Kier alpha value is -0.785. The van der Waals surface area contributed by atoms with E-state index in [1.54, 1.807) is 0 Å². The summed E-state index contributed by atoms with van der Waals surface area (Å²) in [7, 11) is 5.79. The molecule has 0 aliphatic heterocycles. The summed E-state index contributed by atoms with van der Waals surface area (Å²) in [5.74, 6) is 0.293. The maximum atomic E-state index is 12.5. The minimum Gasteiger partial charge on any atom is -0.399 e. The SMILES string of the molecule is [B]CC1CC(CBr)=CC(NC(=O)C2(NC(O)C(=C)N)CC2)C1. The van der Waals surface area contributed by atoms with Crippen molar-refractivity contribution in [2.75, 3.05) is 5.33 Å². The van der Waals surface area contributed by atoms with Crippen molar-refractivity contribution in [1.29, 1.82) is 0 Å². The van der Waals surface area contributed by atoms with E-state index in [0.717, 1.165) is 18.2 Å². The minimum absolute atomic E-state index is 0.0140. The lowest BCUT2D eigenvalue weighted by Gasteiger charge is -2.30. The van der Waals surface area contributed by atoms with Crippen LogP contribution in [0.1, 0.15) is 25.7 Å². The van der Waals surface area contributed by atoms with Crippen LogP contribution in [0.15, 0.2) is 23.9 Å². The highest BCUT2D eigenvalue weighted by atomic mass is 79.9. The molecule has 0 aromatic carbocycles. The van der Waals surface area contributed by atoms with Crippen molar-refractivity contribution in [3.05, 3.63) is 23.9 Å². The second kappa shape index (κ2) is 7.19. The summed E-state index contributed by atoms with van der Waals surface area (Å²) in [5, 5.41) is 16.5. The third-order valence-corrected chi connectivity index (χ3v) is 5.07. The number of hydrogen-bond acceptors (Lipinski definition) is 4. The van der Waals surface area contributed by atoms with Crippen molar-refractivity contribution in [3.63, 3.8) is 0 Å². The lowest BCUT2D eigenvalue weighted by atomic mass is 9.78. The zero-order valence-electron chi connectivity index (χ0n) is 12.6. The molecule has 5 nitrogen and oxygen atoms in total. The van der Waals surface area contributed by atoms with E-state index in [2.05, 4.69) is 39.2 Å². The molecule has 0 spiro atoms. The minimum atomic E-state index is -1.06. The van der Waals surface area contributed by atoms with Gasteiger partial charge < -0.3 is 16.2 Å². The van der Waals surface area contributed by atoms with Crippen molar-refractivity contribution in [2.45, 2.75) is 49.8 Å². The van der Waals surface area contributed by atoms with Crippen LogP contribution in [-0.2, 0) is 4.79 Å². The van der Waals surface area contributed by atoms with Gasteiger partial charge in [-0.2, -0.15) is 0 Å². The van der Waals surface area contributed by atoms with E-state index in [1.807, 2.05) is 0 Å². The number of alkyl halides is 1. The van der Waals surface area contributed by atoms with E-state index in [9.17, 15) is 9.90 Å². The molecule has 120 valence electrons. The summed E-state index contributed by atoms with van der Waals surface area (Å²) < 4.78 is 0. The van der Waals surface area contributed by atoms with Crippen LogP contribution in [0.3, 0.4) is 0 Å². The van der Waals surface area contributed by atoms with Gasteiger partial charge in [-0.15, -0.1) is 0 Å². The van der Waals surface area contributed by atoms with Crippen LogP contribution in [-0.4, -0.2) is 42.0 Å². The molecule has 3 atom stereocenters. The molecule has 3 unspecified atom stereocenters. The first-order valence-corrected chi connectivity index (χ1v) is 8.69. The van der Waals surface area contributed by atoms with Crippen molar-refractivity contribution in [2.24, 2.45) is 11.7 Å². The molecule has 0 aromatic rings. The summed E-state index contributed by atoms with van der Waals surface area (Å²) in [5.41, 5.74) is 6.11. The smallest absolute Gasteiger partial charge is 0.240 e. The molecule has 0 aromatic heterocycles. The van der Waals surface area contributed by atoms with Crippen LogP contribution in [0.5, 0.6) is 0 Å². The van der Waals surface area contributed by atoms with E-state index in [0.29, 0.717) is 25.1 Å². The zero-order chi connectivity index (χ0) is 16.3. The molecule has 0 heterocycles. The summed E-state index contributed by atoms with van der Waals surface area (Å²) in [6, 6.07) is -0.0140. The maximum Gasteiger partial charge on any atom is 0.240 e. The second-order valence-electron chi connectivity index (χ2n) is 6.28. The molecule has 2 aliphatic rings. The zero-order valence-corrected chi connectivity index (χ0v) is 14.2. The number of rotatable bonds is 7. The fourth-order valence-corrected chi connectivity index (χ4v) is 3.25. The average molecular weight is 368 g/mol. The number of halogens is 1. The molecule has 1 amide bonds. The predicted molar refractivity (Wildman–Crippen MR) is 91.5 cm³/mol. The molecule has 2 radical (unpaired) electrons. The van der Waals surface area contributed by atoms with Crippen LogP contribution in [0.4, 0.5) is 0 Å². The monoisotopic (exact) mass is 367 g/mol. The van der Waals surface area contributed by atoms with Crippen LogP contribution < -0.4 is 16.4 Å². The largest absolute Gasteiger partial charge is 0.399 e. The number of carbonyl (C=O) groups excluding carboxylic acids is 1. The van der Waals surface area contributed by atoms with E-state index in [4.69, 9.17) is 13.6 Å². The fraction of sp³-hybridized carbons (Fsp3) is 0.667. The molecule has 22 heavy (non-hydrogen) atoms. The number of aliphatic hydroxyl groups is 1. The Bertz CT molecular complexity index is 479. The molecule has 0 saturated heterocycles. The number of nitrogens with one attached hydrogen (secondary N) is 2. The Morgan fingerprint density at radius 2 is 2.32 bits per heavy atom. The van der Waals surface area contributed by atoms with Crippen molar-refractivity contribution in [3.8, 4) is 0 Å². The summed E-state index contributed by atoms with van der Waals surface area (Å²) in [4.78, 5) is 12.5. The first-order valence-electron chi connectivity index (χ1n) is 7.57. The van der Waals surface area contributed by atoms with Crippen LogP contribution in [0, 0.1) is 5.92 Å². The molecular weight excluding hydrogens is 345 g/mol. The number of allylic oxidation sites excluding steroid dienone is 1. The van der Waals surface area contributed by atoms with Gasteiger partial charge in [-0.1, -0.05) is 40.5 Å². The van der Waals surface area contributed by atoms with Crippen molar-refractivity contribution < 1.29 is 9.90 Å². The normalized spacial score (nSPS) is 27.6. The van der Waals surface area contributed by atoms with Gasteiger partial charge >= 0.3 is 0 Å². The topological polar surface area (TPSA) is 87.4 Å². The van der Waals surface area contributed by atoms with Crippen molar-refractivity contribution in [1.82, 2.24) is 10.6 Å². The van der Waals surface area contributed by atoms with Gasteiger partial charge in [0.05, 0.1) is 7.85 Å². The molecule has 7 heteroatoms. The summed E-state index contributed by atoms with van der Waals surface area (Å²) in [6.45, 7) is 3.49. The van der Waals surface area contributed by atoms with E-state index in [1.165, 1.54) is 5.57 Å². The quantitative estimate of drug-likeness (QED) is 0.231. The molecule has 2 rings (SSSR count). The average Bonchev–Trinajstić information content (AvgIpc) is 3.27. The van der Waals surface area contributed by atoms with Gasteiger partial charge in [0, 0.05) is 17.1 Å². The standard InChI is InChI=1S/C15H23BBrN3O2/c1-9(18)13(21)20-15(2-3-15)14(22)19-12-5-10(7-16)4-11(6-12)8-17/h6,10,12-13,20-21H,1-5,7-8,18H2,(H,19,22). The number of amides is 1. The lowest BCUT2D eigenvalue weighted by molar-refractivity contribution is -0.125. The second-order valence-corrected chi connectivity index (χ2v) is 6.84. The number of carbonyl (C=O) groups is 1. The Balaban J connectivity index is 1.98. The van der Waals surface area contributed by atoms with Crippen LogP contribution >= 0.6 is 15.9 Å². The number of aliphatic hydroxyl groups excluding tert-OH is 1. The summed E-state index contributed by atoms with van der Waals surface area (Å²) in [6.07, 6.45) is 4.85. The van der Waals surface area contributed by atoms with Gasteiger partial charge in [0.25, 0.3) is 0 Å². The highest BCUT2D eigenvalue weighted by molar-refractivity contribution is 9.09. The van der Waals surface area contributed by atoms with Crippen LogP contribution in [0.25, 0.3) is 0 Å². The van der Waals surface area contributed by atoms with E-state index < -0.39 is 11.8 Å². The van der Waals surface area contributed by atoms with Gasteiger partial charge in [0.1, 0.15) is 11.8 Å². The maximum absolute atomic E-state index is 12.5. The predicted octanol–water partition coefficient (Wildman–Crippen LogP) is 0.702. The molecule has 1 fully saturated rings. The Morgan fingerprint density at radius 3 is 2.82 bits per heavy atom. The van der Waals surface area contributed by atoms with Crippen molar-refractivity contribution >= 4 is 29.7 Å². The molecule has 1 saturated carbocycles. The number of nitrogens with two attached hydrogens (primary N) is 1. The van der Waals surface area contributed by atoms with Gasteiger partial charge in [-0.25, -0.2) is 0 Å². The van der Waals surface area contributed by atoms with E-state index >= 15 is 0 Å². The Labute approximate surface area is 141 Å². The van der Waals surface area contributed by atoms with Gasteiger partial charge in [0.15, 0.2) is 0 Å². The Kier molecular flexibility index (Phi) is 5.74.